The zero-order valence-electron chi connectivity index (χ0n) is 23.6. The van der Waals surface area contributed by atoms with Gasteiger partial charge >= 0.3 is 5.97 Å². The van der Waals surface area contributed by atoms with E-state index in [9.17, 15) is 30.0 Å². The second-order valence-electron chi connectivity index (χ2n) is 13.3. The monoisotopic (exact) mass is 574 g/mol. The molecule has 0 unspecified atom stereocenters. The van der Waals surface area contributed by atoms with E-state index in [1.165, 1.54) is 13.2 Å². The van der Waals surface area contributed by atoms with Crippen LogP contribution < -0.4 is 0 Å². The van der Waals surface area contributed by atoms with Gasteiger partial charge in [0.1, 0.15) is 36.1 Å². The standard InChI is InChI=1S/C30H38O11/c1-13-7-19(37-4)22(33)26(39-13)40-18-9-15-10-20-30(41-20)24(27(15,2)11-17(18)31)23(34)25(35)28(3)16(5-6-29(28,30)36)14-8-21(32)38-12-14/h5,8-9,13,17-20,22-24,26,31,33-34,36H,6-7,10-12H2,1-4H3/t13-,17-,18-,19-,20+,22-,23+,24-,26+,27+,28+,29-,30+/m1/s1. The molecular formula is C30H38O11. The molecule has 11 nitrogen and oxygen atoms in total. The number of aliphatic hydroxyl groups is 4. The molecule has 0 aromatic carbocycles. The van der Waals surface area contributed by atoms with Crippen LogP contribution in [0.1, 0.15) is 46.5 Å². The van der Waals surface area contributed by atoms with Crippen LogP contribution in [0.5, 0.6) is 0 Å². The Balaban J connectivity index is 1.22. The molecule has 13 atom stereocenters. The highest BCUT2D eigenvalue weighted by Crippen LogP contribution is 2.75. The summed E-state index contributed by atoms with van der Waals surface area (Å²) in [6.45, 7) is 5.39. The number of carbonyl (C=O) groups excluding carboxylic acids is 2. The molecule has 4 fully saturated rings. The maximum absolute atomic E-state index is 14.1. The SMILES string of the molecule is CO[C@@H]1C[C@@H](C)O[C@@H](O[C@@H]2C=C3C[C@@H]4O[C@]45[C@H]([C@H](O)C(=O)[C@]4(C)C(C6=CC(=O)OC6)=CC[C@@]45O)[C@@]3(C)C[C@H]2O)[C@@H]1O. The van der Waals surface area contributed by atoms with Crippen molar-refractivity contribution in [2.24, 2.45) is 16.7 Å². The van der Waals surface area contributed by atoms with Crippen LogP contribution in [-0.2, 0) is 33.3 Å². The smallest absolute Gasteiger partial charge is 0.331 e. The lowest BCUT2D eigenvalue weighted by Gasteiger charge is -2.60. The Hall–Kier alpha value is -1.96. The molecule has 224 valence electrons. The quantitative estimate of drug-likeness (QED) is 0.206. The van der Waals surface area contributed by atoms with Gasteiger partial charge < -0.3 is 44.1 Å². The lowest BCUT2D eigenvalue weighted by Crippen LogP contribution is -2.75. The first-order valence-electron chi connectivity index (χ1n) is 14.4. The first-order valence-corrected chi connectivity index (χ1v) is 14.4. The molecule has 1 spiro atoms. The molecule has 2 saturated heterocycles. The number of rotatable bonds is 4. The normalized spacial score (nSPS) is 53.8. The van der Waals surface area contributed by atoms with E-state index in [1.807, 2.05) is 13.8 Å². The number of cyclic esters (lactones) is 1. The number of Topliss-reactive ketones (excluding diaryl/α,β-unsaturated/α-hetero) is 1. The third-order valence-electron chi connectivity index (χ3n) is 11.3. The molecule has 0 amide bonds. The van der Waals surface area contributed by atoms with Crippen molar-refractivity contribution >= 4 is 11.8 Å². The number of esters is 1. The van der Waals surface area contributed by atoms with Crippen molar-refractivity contribution in [3.63, 3.8) is 0 Å². The molecule has 4 aliphatic carbocycles. The minimum Gasteiger partial charge on any atom is -0.458 e. The largest absolute Gasteiger partial charge is 0.458 e. The Morgan fingerprint density at radius 2 is 1.90 bits per heavy atom. The van der Waals surface area contributed by atoms with Gasteiger partial charge in [0.25, 0.3) is 0 Å². The Bertz CT molecular complexity index is 1290. The fourth-order valence-electron chi connectivity index (χ4n) is 9.19. The van der Waals surface area contributed by atoms with Gasteiger partial charge in [-0.2, -0.15) is 0 Å². The molecule has 3 heterocycles. The molecule has 41 heavy (non-hydrogen) atoms. The average Bonchev–Trinajstić information content (AvgIpc) is 3.36. The summed E-state index contributed by atoms with van der Waals surface area (Å²) in [5.41, 5.74) is -3.39. The van der Waals surface area contributed by atoms with Crippen LogP contribution in [0.3, 0.4) is 0 Å². The predicted molar refractivity (Wildman–Crippen MR) is 139 cm³/mol. The Kier molecular flexibility index (Phi) is 5.97. The highest BCUT2D eigenvalue weighted by Gasteiger charge is 2.87. The first kappa shape index (κ1) is 27.8. The zero-order chi connectivity index (χ0) is 29.3. The van der Waals surface area contributed by atoms with E-state index in [0.29, 0.717) is 24.0 Å². The van der Waals surface area contributed by atoms with Crippen molar-refractivity contribution in [3.8, 4) is 0 Å². The Morgan fingerprint density at radius 3 is 2.59 bits per heavy atom. The van der Waals surface area contributed by atoms with Gasteiger partial charge in [0.2, 0.25) is 0 Å². The number of carbonyl (C=O) groups is 2. The van der Waals surface area contributed by atoms with E-state index in [4.69, 9.17) is 23.7 Å². The molecule has 4 N–H and O–H groups in total. The van der Waals surface area contributed by atoms with Gasteiger partial charge in [-0.1, -0.05) is 24.6 Å². The summed E-state index contributed by atoms with van der Waals surface area (Å²) in [4.78, 5) is 26.0. The minimum absolute atomic E-state index is 0.00190. The van der Waals surface area contributed by atoms with Crippen molar-refractivity contribution in [2.45, 2.75) is 107 Å². The van der Waals surface area contributed by atoms with Crippen LogP contribution in [-0.4, -0.2) is 106 Å². The van der Waals surface area contributed by atoms with Gasteiger partial charge in [0.15, 0.2) is 12.1 Å². The molecule has 2 saturated carbocycles. The predicted octanol–water partition coefficient (Wildman–Crippen LogP) is 0.232. The average molecular weight is 575 g/mol. The third kappa shape index (κ3) is 3.37. The maximum Gasteiger partial charge on any atom is 0.331 e. The summed E-state index contributed by atoms with van der Waals surface area (Å²) in [5.74, 6) is -1.87. The molecule has 7 rings (SSSR count). The van der Waals surface area contributed by atoms with Gasteiger partial charge in [-0.05, 0) is 44.1 Å². The van der Waals surface area contributed by atoms with Gasteiger partial charge in [0.05, 0.1) is 29.8 Å². The lowest BCUT2D eigenvalue weighted by molar-refractivity contribution is -0.285. The first-order chi connectivity index (χ1) is 19.3. The molecule has 11 heteroatoms. The molecule has 7 aliphatic rings. The van der Waals surface area contributed by atoms with Gasteiger partial charge in [0, 0.05) is 31.1 Å². The van der Waals surface area contributed by atoms with Crippen molar-refractivity contribution in [3.05, 3.63) is 34.9 Å². The van der Waals surface area contributed by atoms with E-state index in [1.54, 1.807) is 19.1 Å². The fourth-order valence-corrected chi connectivity index (χ4v) is 9.19. The van der Waals surface area contributed by atoms with Crippen LogP contribution >= 0.6 is 0 Å². The highest BCUT2D eigenvalue weighted by atomic mass is 16.7. The lowest BCUT2D eigenvalue weighted by atomic mass is 9.43. The molecule has 0 aromatic heterocycles. The van der Waals surface area contributed by atoms with E-state index < -0.39 is 82.6 Å². The van der Waals surface area contributed by atoms with Crippen LogP contribution in [0.2, 0.25) is 0 Å². The van der Waals surface area contributed by atoms with Crippen LogP contribution in [0, 0.1) is 16.7 Å². The summed E-state index contributed by atoms with van der Waals surface area (Å²) in [6.07, 6.45) is -0.421. The number of fused-ring (bicyclic) bond motifs is 3. The van der Waals surface area contributed by atoms with Gasteiger partial charge in [-0.25, -0.2) is 4.79 Å². The minimum atomic E-state index is -1.66. The number of epoxide rings is 1. The molecule has 0 radical (unpaired) electrons. The van der Waals surface area contributed by atoms with Crippen molar-refractivity contribution in [2.75, 3.05) is 13.7 Å². The second-order valence-corrected chi connectivity index (χ2v) is 13.3. The molecule has 0 aromatic rings. The Labute approximate surface area is 237 Å². The number of ether oxygens (including phenoxy) is 5. The van der Waals surface area contributed by atoms with Gasteiger partial charge in [-0.3, -0.25) is 4.79 Å². The molecule has 3 aliphatic heterocycles. The fraction of sp³-hybridized carbons (Fsp3) is 0.733. The van der Waals surface area contributed by atoms with Crippen molar-refractivity contribution in [1.82, 2.24) is 0 Å². The van der Waals surface area contributed by atoms with Crippen LogP contribution in [0.15, 0.2) is 34.9 Å². The zero-order valence-corrected chi connectivity index (χ0v) is 23.6. The number of aliphatic hydroxyl groups excluding tert-OH is 3. The van der Waals surface area contributed by atoms with Gasteiger partial charge in [-0.15, -0.1) is 0 Å². The number of hydrogen-bond donors (Lipinski definition) is 4. The molecular weight excluding hydrogens is 536 g/mol. The maximum atomic E-state index is 14.1. The number of hydrogen-bond acceptors (Lipinski definition) is 11. The number of ketones is 1. The van der Waals surface area contributed by atoms with E-state index in [2.05, 4.69) is 0 Å². The van der Waals surface area contributed by atoms with Crippen LogP contribution in [0.4, 0.5) is 0 Å². The molecule has 0 bridgehead atoms. The second kappa shape index (κ2) is 8.79. The van der Waals surface area contributed by atoms with E-state index >= 15 is 0 Å². The van der Waals surface area contributed by atoms with E-state index in [0.717, 1.165) is 5.57 Å². The van der Waals surface area contributed by atoms with Crippen LogP contribution in [0.25, 0.3) is 0 Å². The summed E-state index contributed by atoms with van der Waals surface area (Å²) in [5, 5.41) is 46.3. The number of methoxy groups -OCH3 is 1. The Morgan fingerprint density at radius 1 is 1.15 bits per heavy atom. The summed E-state index contributed by atoms with van der Waals surface area (Å²) < 4.78 is 28.8. The summed E-state index contributed by atoms with van der Waals surface area (Å²) in [7, 11) is 1.52. The van der Waals surface area contributed by atoms with Crippen molar-refractivity contribution < 1.29 is 53.7 Å². The van der Waals surface area contributed by atoms with E-state index in [-0.39, 0.29) is 25.6 Å². The van der Waals surface area contributed by atoms with Crippen molar-refractivity contribution in [1.29, 1.82) is 0 Å². The highest BCUT2D eigenvalue weighted by molar-refractivity contribution is 5.98. The third-order valence-corrected chi connectivity index (χ3v) is 11.3. The summed E-state index contributed by atoms with van der Waals surface area (Å²) >= 11 is 0. The summed E-state index contributed by atoms with van der Waals surface area (Å²) in [6, 6.07) is 0. The topological polar surface area (TPSA) is 165 Å².